The summed E-state index contributed by atoms with van der Waals surface area (Å²) < 4.78 is 10.8. The highest BCUT2D eigenvalue weighted by molar-refractivity contribution is 7.52. The van der Waals surface area contributed by atoms with E-state index in [0.717, 1.165) is 0 Å². The zero-order chi connectivity index (χ0) is 16.5. The van der Waals surface area contributed by atoms with Crippen LogP contribution in [-0.2, 0) is 14.3 Å². The maximum atomic E-state index is 12.4. The van der Waals surface area contributed by atoms with Crippen molar-refractivity contribution in [2.24, 2.45) is 17.8 Å². The highest BCUT2D eigenvalue weighted by atomic mass is 31.1. The van der Waals surface area contributed by atoms with Gasteiger partial charge in [0.05, 0.1) is 21.0 Å². The van der Waals surface area contributed by atoms with E-state index in [0.29, 0.717) is 37.2 Å². The summed E-state index contributed by atoms with van der Waals surface area (Å²) in [4.78, 5) is 24.6. The lowest BCUT2D eigenvalue weighted by Gasteiger charge is -2.16. The minimum absolute atomic E-state index is 0.286. The van der Waals surface area contributed by atoms with E-state index in [9.17, 15) is 9.69 Å². The molecule has 1 aliphatic rings. The molecule has 2 unspecified atom stereocenters. The van der Waals surface area contributed by atoms with Crippen molar-refractivity contribution in [3.8, 4) is 0 Å². The first-order valence-electron chi connectivity index (χ1n) is 7.82. The fourth-order valence-corrected chi connectivity index (χ4v) is 3.21. The predicted octanol–water partition coefficient (Wildman–Crippen LogP) is 2.53. The molecule has 1 aliphatic carbocycles. The predicted molar refractivity (Wildman–Crippen MR) is 90.0 cm³/mol. The van der Waals surface area contributed by atoms with Crippen LogP contribution >= 0.6 is 7.77 Å². The Morgan fingerprint density at radius 2 is 1.91 bits per heavy atom. The molecule has 0 spiro atoms. The van der Waals surface area contributed by atoms with Crippen molar-refractivity contribution < 1.29 is 19.2 Å². The second-order valence-electron chi connectivity index (χ2n) is 6.24. The zero-order valence-electron chi connectivity index (χ0n) is 14.0. The van der Waals surface area contributed by atoms with E-state index in [2.05, 4.69) is 13.8 Å². The molecule has 1 rings (SSSR count). The monoisotopic (exact) mass is 326 g/mol. The van der Waals surface area contributed by atoms with Gasteiger partial charge in [0, 0.05) is 6.61 Å². The molecule has 0 saturated heterocycles. The topological polar surface area (TPSA) is 58.6 Å². The molecular formula is C17H27O4P. The Morgan fingerprint density at radius 1 is 1.23 bits per heavy atom. The van der Waals surface area contributed by atoms with E-state index in [1.807, 2.05) is 19.9 Å². The Labute approximate surface area is 134 Å². The van der Waals surface area contributed by atoms with Crippen LogP contribution in [0.2, 0.25) is 0 Å². The third kappa shape index (κ3) is 6.87. The fraction of sp³-hybridized carbons (Fsp3) is 0.647. The van der Waals surface area contributed by atoms with Crippen LogP contribution < -0.4 is 4.89 Å². The summed E-state index contributed by atoms with van der Waals surface area (Å²) in [6, 6.07) is 0. The largest absolute Gasteiger partial charge is 0.630 e. The molecule has 0 radical (unpaired) electrons. The van der Waals surface area contributed by atoms with Crippen molar-refractivity contribution in [3.63, 3.8) is 0 Å². The van der Waals surface area contributed by atoms with Crippen molar-refractivity contribution in [2.45, 2.75) is 27.7 Å². The molecule has 0 bridgehead atoms. The summed E-state index contributed by atoms with van der Waals surface area (Å²) in [5, 5.41) is 0.638. The molecule has 4 nitrogen and oxygen atoms in total. The number of ether oxygens (including phenoxy) is 2. The van der Waals surface area contributed by atoms with Crippen LogP contribution in [0.25, 0.3) is 0 Å². The highest BCUT2D eigenvalue weighted by Gasteiger charge is 2.28. The molecule has 0 fully saturated rings. The van der Waals surface area contributed by atoms with Crippen LogP contribution in [0.3, 0.4) is 0 Å². The van der Waals surface area contributed by atoms with Crippen molar-refractivity contribution in [1.29, 1.82) is 0 Å². The van der Waals surface area contributed by atoms with E-state index < -0.39 is 13.7 Å². The quantitative estimate of drug-likeness (QED) is 0.391. The number of allylic oxidation sites excluding steroid dienone is 3. The van der Waals surface area contributed by atoms with E-state index in [-0.39, 0.29) is 11.9 Å². The van der Waals surface area contributed by atoms with Gasteiger partial charge in [-0.25, -0.2) is 0 Å². The Kier molecular flexibility index (Phi) is 8.62. The molecule has 0 N–H and O–H groups in total. The summed E-state index contributed by atoms with van der Waals surface area (Å²) >= 11 is 0. The molecule has 124 valence electrons. The smallest absolute Gasteiger partial charge is 0.321 e. The first-order valence-corrected chi connectivity index (χ1v) is 9.27. The van der Waals surface area contributed by atoms with E-state index in [1.54, 1.807) is 18.2 Å². The van der Waals surface area contributed by atoms with Crippen molar-refractivity contribution in [1.82, 2.24) is 0 Å². The van der Waals surface area contributed by atoms with Crippen molar-refractivity contribution in [3.05, 3.63) is 24.3 Å². The molecule has 0 amide bonds. The SMILES string of the molecule is CC(C)COCC[P+]([O-])=C1C=CC=CC1C(=O)OCC(C)C. The Morgan fingerprint density at radius 3 is 2.55 bits per heavy atom. The van der Waals surface area contributed by atoms with Crippen molar-refractivity contribution in [2.75, 3.05) is 26.0 Å². The first-order chi connectivity index (χ1) is 10.4. The average Bonchev–Trinajstić information content (AvgIpc) is 2.48. The maximum Gasteiger partial charge on any atom is 0.321 e. The average molecular weight is 326 g/mol. The second-order valence-corrected chi connectivity index (χ2v) is 7.96. The molecule has 0 heterocycles. The lowest BCUT2D eigenvalue weighted by molar-refractivity contribution is -0.154. The lowest BCUT2D eigenvalue weighted by atomic mass is 10.0. The summed E-state index contributed by atoms with van der Waals surface area (Å²) in [5.41, 5.74) is 0. The number of esters is 1. The van der Waals surface area contributed by atoms with Crippen LogP contribution in [-0.4, -0.2) is 37.2 Å². The minimum Gasteiger partial charge on any atom is -0.630 e. The summed E-state index contributed by atoms with van der Waals surface area (Å²) in [6.45, 7) is 9.61. The molecular weight excluding hydrogens is 299 g/mol. The van der Waals surface area contributed by atoms with Crippen molar-refractivity contribution >= 4 is 19.0 Å². The van der Waals surface area contributed by atoms with Gasteiger partial charge >= 0.3 is 5.97 Å². The molecule has 22 heavy (non-hydrogen) atoms. The molecule has 0 aromatic carbocycles. The Bertz CT molecular complexity index is 450. The van der Waals surface area contributed by atoms with Gasteiger partial charge in [0.1, 0.15) is 17.4 Å². The number of hydrogen-bond acceptors (Lipinski definition) is 4. The number of carbonyl (C=O) groups is 1. The van der Waals surface area contributed by atoms with E-state index in [4.69, 9.17) is 9.47 Å². The van der Waals surface area contributed by atoms with Crippen LogP contribution in [0.15, 0.2) is 24.3 Å². The third-order valence-corrected chi connectivity index (χ3v) is 4.58. The zero-order valence-corrected chi connectivity index (χ0v) is 14.8. The fourth-order valence-electron chi connectivity index (χ4n) is 1.90. The van der Waals surface area contributed by atoms with Gasteiger partial charge in [-0.2, -0.15) is 0 Å². The molecule has 5 heteroatoms. The molecule has 0 aliphatic heterocycles. The summed E-state index contributed by atoms with van der Waals surface area (Å²) in [7, 11) is -1.62. The molecule has 0 saturated carbocycles. The third-order valence-electron chi connectivity index (χ3n) is 2.99. The van der Waals surface area contributed by atoms with Crippen LogP contribution in [0.4, 0.5) is 0 Å². The van der Waals surface area contributed by atoms with Crippen LogP contribution in [0, 0.1) is 17.8 Å². The standard InChI is InChI=1S/C17H27O4P/c1-13(2)11-20-9-10-22(19)16-8-6-5-7-15(16)17(18)21-12-14(3)4/h5-8,13-15H,9-12H2,1-4H3. The molecule has 0 aromatic rings. The lowest BCUT2D eigenvalue weighted by Crippen LogP contribution is -2.27. The van der Waals surface area contributed by atoms with Gasteiger partial charge in [-0.1, -0.05) is 45.9 Å². The van der Waals surface area contributed by atoms with Gasteiger partial charge in [-0.15, -0.1) is 0 Å². The summed E-state index contributed by atoms with van der Waals surface area (Å²) in [5.74, 6) is -0.108. The number of carbonyl (C=O) groups excluding carboxylic acids is 1. The Hall–Kier alpha value is -0.960. The maximum absolute atomic E-state index is 12.4. The normalized spacial score (nSPS) is 19.9. The molecule has 0 aromatic heterocycles. The van der Waals surface area contributed by atoms with Gasteiger partial charge in [0.2, 0.25) is 0 Å². The number of rotatable bonds is 8. The van der Waals surface area contributed by atoms with Gasteiger partial charge in [0.25, 0.3) is 0 Å². The van der Waals surface area contributed by atoms with Crippen LogP contribution in [0.1, 0.15) is 27.7 Å². The van der Waals surface area contributed by atoms with E-state index in [1.165, 1.54) is 0 Å². The van der Waals surface area contributed by atoms with Gasteiger partial charge in [-0.05, 0) is 17.9 Å². The summed E-state index contributed by atoms with van der Waals surface area (Å²) in [6.07, 6.45) is 7.55. The van der Waals surface area contributed by atoms with Gasteiger partial charge in [0.15, 0.2) is 0 Å². The first kappa shape index (κ1) is 19.1. The Balaban J connectivity index is 2.63. The van der Waals surface area contributed by atoms with Crippen LogP contribution in [0.5, 0.6) is 0 Å². The highest BCUT2D eigenvalue weighted by Crippen LogP contribution is 2.24. The van der Waals surface area contributed by atoms with Gasteiger partial charge in [-0.3, -0.25) is 4.79 Å². The molecule has 2 atom stereocenters. The van der Waals surface area contributed by atoms with Gasteiger partial charge < -0.3 is 14.4 Å². The number of hydrogen-bond donors (Lipinski definition) is 0. The van der Waals surface area contributed by atoms with E-state index >= 15 is 0 Å². The minimum atomic E-state index is -1.62. The second kappa shape index (κ2) is 9.94.